The molecule has 0 amide bonds. The van der Waals surface area contributed by atoms with Crippen LogP contribution in [0, 0.1) is 0 Å². The lowest BCUT2D eigenvalue weighted by Crippen LogP contribution is -2.16. The van der Waals surface area contributed by atoms with E-state index < -0.39 is 0 Å². The smallest absolute Gasteiger partial charge is 0.235 e. The number of fused-ring (bicyclic) bond motifs is 10. The Kier molecular flexibility index (Phi) is 6.66. The average Bonchev–Trinajstić information content (AvgIpc) is 3.82. The van der Waals surface area contributed by atoms with Gasteiger partial charge < -0.3 is 9.47 Å². The summed E-state index contributed by atoms with van der Waals surface area (Å²) in [6.45, 7) is 0. The van der Waals surface area contributed by atoms with Gasteiger partial charge in [0, 0.05) is 38.5 Å². The topological polar surface area (TPSA) is 38.9 Å². The van der Waals surface area contributed by atoms with Crippen LogP contribution in [0.2, 0.25) is 0 Å². The first-order valence-corrected chi connectivity index (χ1v) is 20.1. The molecule has 3 aromatic heterocycles. The van der Waals surface area contributed by atoms with Crippen LogP contribution in [0.1, 0.15) is 0 Å². The summed E-state index contributed by atoms with van der Waals surface area (Å²) in [6, 6.07) is 71.9. The number of hydrogen-bond acceptors (Lipinski definition) is 3. The van der Waals surface area contributed by atoms with E-state index >= 15 is 0 Å². The van der Waals surface area contributed by atoms with Crippen molar-refractivity contribution in [2.75, 3.05) is 4.90 Å². The number of nitrogens with zero attached hydrogens (tertiary/aromatic N) is 5. The van der Waals surface area contributed by atoms with Gasteiger partial charge in [0.1, 0.15) is 0 Å². The molecular formula is C54H33N5. The molecule has 0 radical (unpaired) electrons. The van der Waals surface area contributed by atoms with Crippen LogP contribution in [-0.4, -0.2) is 19.1 Å². The molecule has 4 heterocycles. The van der Waals surface area contributed by atoms with Crippen molar-refractivity contribution in [2.45, 2.75) is 0 Å². The summed E-state index contributed by atoms with van der Waals surface area (Å²) in [5.74, 6) is 0.661. The van der Waals surface area contributed by atoms with Crippen molar-refractivity contribution < 1.29 is 0 Å². The molecule has 9 aromatic carbocycles. The summed E-state index contributed by atoms with van der Waals surface area (Å²) >= 11 is 0. The maximum absolute atomic E-state index is 5.46. The van der Waals surface area contributed by atoms with Gasteiger partial charge in [-0.1, -0.05) is 121 Å². The third-order valence-electron chi connectivity index (χ3n) is 12.2. The summed E-state index contributed by atoms with van der Waals surface area (Å²) < 4.78 is 4.64. The Bertz CT molecular complexity index is 3670. The van der Waals surface area contributed by atoms with Gasteiger partial charge in [0.05, 0.1) is 50.0 Å². The van der Waals surface area contributed by atoms with Crippen molar-refractivity contribution in [3.63, 3.8) is 0 Å². The van der Waals surface area contributed by atoms with Gasteiger partial charge >= 0.3 is 0 Å². The fraction of sp³-hybridized carbons (Fsp3) is 0. The van der Waals surface area contributed by atoms with Crippen molar-refractivity contribution in [3.8, 4) is 34.0 Å². The highest BCUT2D eigenvalue weighted by Gasteiger charge is 2.29. The third kappa shape index (κ3) is 4.61. The summed E-state index contributed by atoms with van der Waals surface area (Å²) in [7, 11) is 0. The second-order valence-electron chi connectivity index (χ2n) is 15.4. The first-order chi connectivity index (χ1) is 29.3. The van der Waals surface area contributed by atoms with Crippen LogP contribution >= 0.6 is 0 Å². The Labute approximate surface area is 339 Å². The Hall–Kier alpha value is -8.02. The molecule has 0 saturated heterocycles. The van der Waals surface area contributed by atoms with E-state index in [4.69, 9.17) is 9.97 Å². The van der Waals surface area contributed by atoms with Gasteiger partial charge in [0.2, 0.25) is 5.95 Å². The van der Waals surface area contributed by atoms with E-state index in [1.54, 1.807) is 0 Å². The molecule has 0 N–H and O–H groups in total. The zero-order valence-electron chi connectivity index (χ0n) is 31.8. The van der Waals surface area contributed by atoms with E-state index in [0.29, 0.717) is 5.95 Å². The number of aromatic nitrogens is 4. The molecular weight excluding hydrogens is 719 g/mol. The van der Waals surface area contributed by atoms with Gasteiger partial charge in [-0.25, -0.2) is 9.97 Å². The van der Waals surface area contributed by atoms with E-state index in [-0.39, 0.29) is 0 Å². The quantitative estimate of drug-likeness (QED) is 0.180. The van der Waals surface area contributed by atoms with Crippen molar-refractivity contribution in [1.29, 1.82) is 0 Å². The molecule has 5 nitrogen and oxygen atoms in total. The fourth-order valence-electron chi connectivity index (χ4n) is 9.68. The van der Waals surface area contributed by atoms with Crippen molar-refractivity contribution in [3.05, 3.63) is 200 Å². The first-order valence-electron chi connectivity index (χ1n) is 20.1. The van der Waals surface area contributed by atoms with Crippen LogP contribution in [0.5, 0.6) is 0 Å². The number of rotatable bonds is 4. The second-order valence-corrected chi connectivity index (χ2v) is 15.4. The standard InChI is InChI=1S/C54H33N5/c1-3-15-37(16-4-1)57-46-24-12-10-21-41(46)53-52-44(22-13-25-49(52)57)55-54(56-53)59-45-23-11-9-20-40(45)42-32-35(27-29-47(42)59)36-28-30-48-43(33-36)51-39-19-8-7-14-34(39)26-31-50(51)58(48)38-17-5-2-6-18-38/h1-33H. The van der Waals surface area contributed by atoms with E-state index in [1.165, 1.54) is 43.5 Å². The Morgan fingerprint density at radius 3 is 1.81 bits per heavy atom. The minimum atomic E-state index is 0.661. The molecule has 0 spiro atoms. The van der Waals surface area contributed by atoms with Gasteiger partial charge in [-0.2, -0.15) is 0 Å². The summed E-state index contributed by atoms with van der Waals surface area (Å²) in [5.41, 5.74) is 14.3. The minimum absolute atomic E-state index is 0.661. The number of benzene rings is 9. The van der Waals surface area contributed by atoms with Crippen LogP contribution in [0.3, 0.4) is 0 Å². The zero-order valence-corrected chi connectivity index (χ0v) is 31.8. The van der Waals surface area contributed by atoms with Crippen molar-refractivity contribution >= 4 is 82.3 Å². The number of hydrogen-bond donors (Lipinski definition) is 0. The predicted molar refractivity (Wildman–Crippen MR) is 245 cm³/mol. The van der Waals surface area contributed by atoms with Crippen molar-refractivity contribution in [1.82, 2.24) is 19.1 Å². The molecule has 5 heteroatoms. The summed E-state index contributed by atoms with van der Waals surface area (Å²) in [4.78, 5) is 13.1. The van der Waals surface area contributed by atoms with Crippen LogP contribution < -0.4 is 4.90 Å². The first kappa shape index (κ1) is 32.1. The molecule has 12 aromatic rings. The van der Waals surface area contributed by atoms with E-state index in [0.717, 1.165) is 66.9 Å². The van der Waals surface area contributed by atoms with Gasteiger partial charge in [-0.3, -0.25) is 4.57 Å². The lowest BCUT2D eigenvalue weighted by atomic mass is 9.96. The number of anilines is 3. The molecule has 59 heavy (non-hydrogen) atoms. The zero-order chi connectivity index (χ0) is 38.6. The monoisotopic (exact) mass is 751 g/mol. The summed E-state index contributed by atoms with van der Waals surface area (Å²) in [5, 5.41) is 8.40. The molecule has 0 saturated carbocycles. The minimum Gasteiger partial charge on any atom is -0.309 e. The second kappa shape index (κ2) is 12.2. The van der Waals surface area contributed by atoms with Crippen LogP contribution in [0.15, 0.2) is 200 Å². The number of para-hydroxylation sites is 4. The van der Waals surface area contributed by atoms with Crippen LogP contribution in [-0.2, 0) is 0 Å². The van der Waals surface area contributed by atoms with Crippen LogP contribution in [0.25, 0.3) is 99.3 Å². The Morgan fingerprint density at radius 2 is 0.983 bits per heavy atom. The van der Waals surface area contributed by atoms with Gasteiger partial charge in [-0.15, -0.1) is 0 Å². The molecule has 274 valence electrons. The van der Waals surface area contributed by atoms with E-state index in [2.05, 4.69) is 214 Å². The maximum Gasteiger partial charge on any atom is 0.235 e. The van der Waals surface area contributed by atoms with Crippen LogP contribution in [0.4, 0.5) is 17.1 Å². The molecule has 0 atom stereocenters. The largest absolute Gasteiger partial charge is 0.309 e. The third-order valence-corrected chi connectivity index (χ3v) is 12.2. The molecule has 0 bridgehead atoms. The highest BCUT2D eigenvalue weighted by atomic mass is 15.2. The van der Waals surface area contributed by atoms with E-state index in [1.807, 2.05) is 0 Å². The van der Waals surface area contributed by atoms with Gasteiger partial charge in [0.25, 0.3) is 0 Å². The maximum atomic E-state index is 5.46. The Balaban J connectivity index is 1.02. The fourth-order valence-corrected chi connectivity index (χ4v) is 9.68. The predicted octanol–water partition coefficient (Wildman–Crippen LogP) is 14.1. The average molecular weight is 752 g/mol. The molecule has 1 aliphatic rings. The molecule has 13 rings (SSSR count). The SMILES string of the molecule is c1ccc(N2c3ccccc3-c3nc(-n4c5ccccc5c5cc(-c6ccc7c(c6)c6c8ccccc8ccc6n7-c6ccccc6)ccc54)nc4cccc2c34)cc1. The highest BCUT2D eigenvalue weighted by Crippen LogP contribution is 2.50. The lowest BCUT2D eigenvalue weighted by molar-refractivity contribution is 1.01. The normalized spacial score (nSPS) is 12.4. The summed E-state index contributed by atoms with van der Waals surface area (Å²) in [6.07, 6.45) is 0. The lowest BCUT2D eigenvalue weighted by Gasteiger charge is -2.32. The van der Waals surface area contributed by atoms with Crippen molar-refractivity contribution in [2.24, 2.45) is 0 Å². The highest BCUT2D eigenvalue weighted by molar-refractivity contribution is 6.22. The molecule has 1 aliphatic heterocycles. The molecule has 0 unspecified atom stereocenters. The molecule has 0 fully saturated rings. The molecule has 0 aliphatic carbocycles. The van der Waals surface area contributed by atoms with Gasteiger partial charge in [-0.05, 0) is 101 Å². The van der Waals surface area contributed by atoms with Gasteiger partial charge in [0.15, 0.2) is 0 Å². The van der Waals surface area contributed by atoms with E-state index in [9.17, 15) is 0 Å². The Morgan fingerprint density at radius 1 is 0.356 bits per heavy atom.